The molecule has 0 unspecified atom stereocenters. The maximum atomic E-state index is 11.4. The summed E-state index contributed by atoms with van der Waals surface area (Å²) in [5, 5.41) is 17.2. The lowest BCUT2D eigenvalue weighted by atomic mass is 9.87. The largest absolute Gasteiger partial charge is 0.489 e. The van der Waals surface area contributed by atoms with Crippen molar-refractivity contribution >= 4 is 11.9 Å². The summed E-state index contributed by atoms with van der Waals surface area (Å²) in [5.41, 5.74) is 5.76. The molecule has 4 heterocycles. The Morgan fingerprint density at radius 3 is 2.74 bits per heavy atom. The van der Waals surface area contributed by atoms with Crippen LogP contribution >= 0.6 is 0 Å². The van der Waals surface area contributed by atoms with Crippen molar-refractivity contribution in [3.05, 3.63) is 65.9 Å². The van der Waals surface area contributed by atoms with Crippen LogP contribution in [-0.4, -0.2) is 46.9 Å². The van der Waals surface area contributed by atoms with E-state index in [1.54, 1.807) is 12.4 Å². The van der Waals surface area contributed by atoms with Crippen molar-refractivity contribution in [3.8, 4) is 28.4 Å². The van der Waals surface area contributed by atoms with Crippen molar-refractivity contribution < 1.29 is 14.6 Å². The van der Waals surface area contributed by atoms with Crippen molar-refractivity contribution in [2.24, 2.45) is 13.0 Å². The van der Waals surface area contributed by atoms with Crippen molar-refractivity contribution in [3.63, 3.8) is 0 Å². The van der Waals surface area contributed by atoms with Gasteiger partial charge in [-0.3, -0.25) is 14.5 Å². The van der Waals surface area contributed by atoms with Crippen LogP contribution < -0.4 is 10.1 Å². The van der Waals surface area contributed by atoms with Crippen LogP contribution in [-0.2, 0) is 18.4 Å². The van der Waals surface area contributed by atoms with Gasteiger partial charge in [0.15, 0.2) is 0 Å². The summed E-state index contributed by atoms with van der Waals surface area (Å²) in [5.74, 6) is 0.107. The average Bonchev–Trinajstić information content (AvgIpc) is 3.29. The van der Waals surface area contributed by atoms with E-state index in [2.05, 4.69) is 25.4 Å². The Kier molecular flexibility index (Phi) is 7.30. The third-order valence-corrected chi connectivity index (χ3v) is 6.84. The second-order valence-corrected chi connectivity index (χ2v) is 9.64. The van der Waals surface area contributed by atoms with Gasteiger partial charge in [-0.15, -0.1) is 0 Å². The molecule has 10 nitrogen and oxygen atoms in total. The first kappa shape index (κ1) is 25.3. The van der Waals surface area contributed by atoms with Crippen molar-refractivity contribution in [1.29, 1.82) is 0 Å². The summed E-state index contributed by atoms with van der Waals surface area (Å²) in [6, 6.07) is 11.5. The highest BCUT2D eigenvalue weighted by atomic mass is 16.5. The molecule has 0 bridgehead atoms. The summed E-state index contributed by atoms with van der Waals surface area (Å²) in [4.78, 5) is 29.8. The van der Waals surface area contributed by atoms with Crippen molar-refractivity contribution in [2.75, 3.05) is 5.32 Å². The van der Waals surface area contributed by atoms with E-state index in [1.165, 1.54) is 0 Å². The number of nitrogens with one attached hydrogen (secondary N) is 1. The van der Waals surface area contributed by atoms with Gasteiger partial charge in [0.1, 0.15) is 5.75 Å². The van der Waals surface area contributed by atoms with E-state index >= 15 is 0 Å². The van der Waals surface area contributed by atoms with Gasteiger partial charge in [-0.1, -0.05) is 6.07 Å². The zero-order valence-electron chi connectivity index (χ0n) is 21.8. The third-order valence-electron chi connectivity index (χ3n) is 6.84. The quantitative estimate of drug-likeness (QED) is 0.348. The fraction of sp³-hybridized carbons (Fsp3) is 0.357. The van der Waals surface area contributed by atoms with Gasteiger partial charge in [-0.2, -0.15) is 5.10 Å². The molecule has 0 aliphatic heterocycles. The highest BCUT2D eigenvalue weighted by Gasteiger charge is 2.28. The molecule has 4 aromatic heterocycles. The first-order chi connectivity index (χ1) is 18.4. The third kappa shape index (κ3) is 5.64. The molecule has 0 aromatic carbocycles. The van der Waals surface area contributed by atoms with Crippen molar-refractivity contribution in [2.45, 2.75) is 52.2 Å². The molecular weight excluding hydrogens is 482 g/mol. The van der Waals surface area contributed by atoms with E-state index in [0.717, 1.165) is 52.6 Å². The second-order valence-electron chi connectivity index (χ2n) is 9.64. The summed E-state index contributed by atoms with van der Waals surface area (Å²) in [6.45, 7) is 4.29. The van der Waals surface area contributed by atoms with Gasteiger partial charge in [0.25, 0.3) is 0 Å². The minimum Gasteiger partial charge on any atom is -0.489 e. The lowest BCUT2D eigenvalue weighted by molar-refractivity contribution is -0.143. The molecule has 0 amide bonds. The molecule has 1 fully saturated rings. The number of aliphatic carboxylic acids is 1. The lowest BCUT2D eigenvalue weighted by Crippen LogP contribution is -2.29. The van der Waals surface area contributed by atoms with E-state index in [-0.39, 0.29) is 12.0 Å². The number of pyridine rings is 2. The van der Waals surface area contributed by atoms with Crippen LogP contribution in [0.2, 0.25) is 0 Å². The Morgan fingerprint density at radius 2 is 1.97 bits per heavy atom. The van der Waals surface area contributed by atoms with Gasteiger partial charge >= 0.3 is 5.97 Å². The van der Waals surface area contributed by atoms with Crippen LogP contribution in [0.25, 0.3) is 22.6 Å². The summed E-state index contributed by atoms with van der Waals surface area (Å²) >= 11 is 0. The topological polar surface area (TPSA) is 128 Å². The monoisotopic (exact) mass is 513 g/mol. The standard InChI is InChI=1S/C28H31N7O3/c1-17-13-24(23-9-4-5-12-29-23)34-28(32-17)30-16-25-21(15-31-35(25)3)22-10-11-26(18(2)33-22)38-20-8-6-7-19(14-20)27(36)37/h4-5,9-13,15,19-20H,6-8,14,16H2,1-3H3,(H,36,37)(H,30,32,34)/t19-,20-/m0/s1. The van der Waals surface area contributed by atoms with Crippen LogP contribution in [0.1, 0.15) is 42.8 Å². The van der Waals surface area contributed by atoms with Crippen LogP contribution in [0.5, 0.6) is 5.75 Å². The number of carboxylic acid groups (broad SMARTS) is 1. The molecule has 196 valence electrons. The molecule has 1 aliphatic carbocycles. The van der Waals surface area contributed by atoms with Gasteiger partial charge in [-0.05, 0) is 69.9 Å². The maximum Gasteiger partial charge on any atom is 0.306 e. The Labute approximate surface area is 221 Å². The van der Waals surface area contributed by atoms with E-state index in [0.29, 0.717) is 31.1 Å². The number of hydrogen-bond acceptors (Lipinski definition) is 8. The number of ether oxygens (including phenoxy) is 1. The minimum atomic E-state index is -0.745. The summed E-state index contributed by atoms with van der Waals surface area (Å²) < 4.78 is 7.99. The highest BCUT2D eigenvalue weighted by Crippen LogP contribution is 2.31. The molecule has 5 rings (SSSR count). The zero-order valence-corrected chi connectivity index (χ0v) is 21.8. The maximum absolute atomic E-state index is 11.4. The van der Waals surface area contributed by atoms with Crippen LogP contribution in [0.4, 0.5) is 5.95 Å². The van der Waals surface area contributed by atoms with Crippen LogP contribution in [0, 0.1) is 19.8 Å². The molecule has 2 N–H and O–H groups in total. The van der Waals surface area contributed by atoms with E-state index in [9.17, 15) is 9.90 Å². The van der Waals surface area contributed by atoms with Gasteiger partial charge in [0, 0.05) is 24.5 Å². The zero-order chi connectivity index (χ0) is 26.6. The number of anilines is 1. The molecule has 0 radical (unpaired) electrons. The summed E-state index contributed by atoms with van der Waals surface area (Å²) in [7, 11) is 1.89. The Hall–Kier alpha value is -4.34. The first-order valence-corrected chi connectivity index (χ1v) is 12.8. The summed E-state index contributed by atoms with van der Waals surface area (Å²) in [6.07, 6.45) is 6.38. The fourth-order valence-corrected chi connectivity index (χ4v) is 4.82. The van der Waals surface area contributed by atoms with Crippen LogP contribution in [0.15, 0.2) is 48.8 Å². The van der Waals surface area contributed by atoms with E-state index in [4.69, 9.17) is 9.72 Å². The Balaban J connectivity index is 1.32. The number of carboxylic acids is 1. The predicted octanol–water partition coefficient (Wildman–Crippen LogP) is 4.59. The molecule has 0 spiro atoms. The van der Waals surface area contributed by atoms with Gasteiger partial charge in [0.05, 0.1) is 53.2 Å². The molecule has 0 saturated heterocycles. The molecule has 4 aromatic rings. The molecule has 1 saturated carbocycles. The van der Waals surface area contributed by atoms with Gasteiger partial charge < -0.3 is 15.2 Å². The first-order valence-electron chi connectivity index (χ1n) is 12.8. The van der Waals surface area contributed by atoms with E-state index in [1.807, 2.05) is 62.0 Å². The molecule has 10 heteroatoms. The molecule has 1 aliphatic rings. The number of hydrogen-bond donors (Lipinski definition) is 2. The van der Waals surface area contributed by atoms with Gasteiger partial charge in [-0.25, -0.2) is 15.0 Å². The lowest BCUT2D eigenvalue weighted by Gasteiger charge is -2.27. The van der Waals surface area contributed by atoms with Crippen molar-refractivity contribution in [1.82, 2.24) is 29.7 Å². The highest BCUT2D eigenvalue weighted by molar-refractivity contribution is 5.70. The number of rotatable bonds is 8. The molecular formula is C28H31N7O3. The normalized spacial score (nSPS) is 17.2. The van der Waals surface area contributed by atoms with Crippen LogP contribution in [0.3, 0.4) is 0 Å². The number of aryl methyl sites for hydroxylation is 3. The SMILES string of the molecule is Cc1cc(-c2ccccn2)nc(NCc2c(-c3ccc(O[C@H]4CCC[C@H](C(=O)O)C4)c(C)n3)cnn2C)n1. The van der Waals surface area contributed by atoms with E-state index < -0.39 is 5.97 Å². The van der Waals surface area contributed by atoms with Gasteiger partial charge in [0.2, 0.25) is 5.95 Å². The predicted molar refractivity (Wildman–Crippen MR) is 143 cm³/mol. The smallest absolute Gasteiger partial charge is 0.306 e. The molecule has 38 heavy (non-hydrogen) atoms. The molecule has 2 atom stereocenters. The average molecular weight is 514 g/mol. The number of nitrogens with zero attached hydrogens (tertiary/aromatic N) is 6. The number of carbonyl (C=O) groups is 1. The fourth-order valence-electron chi connectivity index (χ4n) is 4.82. The second kappa shape index (κ2) is 11.0. The Morgan fingerprint density at radius 1 is 1.11 bits per heavy atom. The Bertz CT molecular complexity index is 1440. The minimum absolute atomic E-state index is 0.111. The number of aromatic nitrogens is 6.